The van der Waals surface area contributed by atoms with Crippen LogP contribution in [0, 0.1) is 6.92 Å². The van der Waals surface area contributed by atoms with Crippen LogP contribution in [-0.2, 0) is 11.3 Å². The van der Waals surface area contributed by atoms with Gasteiger partial charge in [-0.1, -0.05) is 30.3 Å². The van der Waals surface area contributed by atoms with E-state index < -0.39 is 0 Å². The first-order valence-electron chi connectivity index (χ1n) is 9.03. The van der Waals surface area contributed by atoms with E-state index in [0.29, 0.717) is 16.4 Å². The zero-order valence-corrected chi connectivity index (χ0v) is 17.2. The number of carbonyl (C=O) groups excluding carboxylic acids is 2. The first-order chi connectivity index (χ1) is 13.4. The molecule has 0 unspecified atom stereocenters. The van der Waals surface area contributed by atoms with E-state index in [1.54, 1.807) is 19.3 Å². The first kappa shape index (κ1) is 20.0. The smallest absolute Gasteiger partial charge is 0.293 e. The van der Waals surface area contributed by atoms with Gasteiger partial charge in [-0.15, -0.1) is 0 Å². The molecule has 3 rings (SSSR count). The van der Waals surface area contributed by atoms with Crippen LogP contribution in [0.15, 0.2) is 47.4 Å². The molecular weight excluding hydrogens is 374 g/mol. The van der Waals surface area contributed by atoms with Crippen molar-refractivity contribution < 1.29 is 19.1 Å². The summed E-state index contributed by atoms with van der Waals surface area (Å²) in [5.74, 6) is 0.948. The second-order valence-electron chi connectivity index (χ2n) is 6.77. The van der Waals surface area contributed by atoms with Crippen molar-refractivity contribution in [2.75, 3.05) is 7.11 Å². The molecule has 1 saturated heterocycles. The lowest BCUT2D eigenvalue weighted by Gasteiger charge is -2.14. The van der Waals surface area contributed by atoms with Crippen molar-refractivity contribution >= 4 is 29.0 Å². The zero-order chi connectivity index (χ0) is 20.3. The molecule has 0 N–H and O–H groups in total. The first-order valence-corrected chi connectivity index (χ1v) is 9.85. The van der Waals surface area contributed by atoms with Crippen molar-refractivity contribution in [3.05, 3.63) is 64.1 Å². The Bertz CT molecular complexity index is 936. The Balaban J connectivity index is 1.82. The van der Waals surface area contributed by atoms with Crippen LogP contribution in [0.4, 0.5) is 4.79 Å². The number of aryl methyl sites for hydroxylation is 1. The number of nitrogens with zero attached hydrogens (tertiary/aromatic N) is 1. The summed E-state index contributed by atoms with van der Waals surface area (Å²) in [4.78, 5) is 26.8. The topological polar surface area (TPSA) is 55.8 Å². The highest BCUT2D eigenvalue weighted by molar-refractivity contribution is 8.18. The van der Waals surface area contributed by atoms with E-state index in [9.17, 15) is 9.59 Å². The molecule has 1 fully saturated rings. The number of rotatable bonds is 6. The van der Waals surface area contributed by atoms with Gasteiger partial charge in [0.05, 0.1) is 24.7 Å². The van der Waals surface area contributed by atoms with Gasteiger partial charge in [-0.2, -0.15) is 0 Å². The standard InChI is InChI=1S/C22H23NO4S/c1-14(2)27-18-10-9-16(11-19(18)26-4)12-20-21(24)23(22(25)28-20)13-17-8-6-5-7-15(17)3/h5-12,14H,13H2,1-4H3/b20-12-. The molecule has 1 aliphatic rings. The van der Waals surface area contributed by atoms with Gasteiger partial charge < -0.3 is 9.47 Å². The van der Waals surface area contributed by atoms with Gasteiger partial charge in [-0.25, -0.2) is 0 Å². The molecule has 6 heteroatoms. The van der Waals surface area contributed by atoms with Crippen molar-refractivity contribution in [2.45, 2.75) is 33.4 Å². The average Bonchev–Trinajstić information content (AvgIpc) is 2.91. The number of thioether (sulfide) groups is 1. The molecule has 0 bridgehead atoms. The monoisotopic (exact) mass is 397 g/mol. The molecule has 0 aliphatic carbocycles. The number of imide groups is 1. The molecule has 2 aromatic carbocycles. The van der Waals surface area contributed by atoms with Crippen molar-refractivity contribution in [1.82, 2.24) is 4.90 Å². The maximum absolute atomic E-state index is 12.8. The molecule has 0 spiro atoms. The Labute approximate surface area is 169 Å². The molecule has 0 saturated carbocycles. The summed E-state index contributed by atoms with van der Waals surface area (Å²) in [6, 6.07) is 13.2. The van der Waals surface area contributed by atoms with E-state index in [1.165, 1.54) is 4.90 Å². The van der Waals surface area contributed by atoms with Crippen molar-refractivity contribution in [3.63, 3.8) is 0 Å². The van der Waals surface area contributed by atoms with E-state index in [2.05, 4.69) is 0 Å². The lowest BCUT2D eigenvalue weighted by Crippen LogP contribution is -2.27. The third-order valence-electron chi connectivity index (χ3n) is 4.31. The second kappa shape index (κ2) is 8.52. The predicted octanol–water partition coefficient (Wildman–Crippen LogP) is 5.03. The fraction of sp³-hybridized carbons (Fsp3) is 0.273. The summed E-state index contributed by atoms with van der Waals surface area (Å²) in [6.45, 7) is 6.13. The van der Waals surface area contributed by atoms with Gasteiger partial charge in [0.2, 0.25) is 0 Å². The van der Waals surface area contributed by atoms with Gasteiger partial charge in [0.15, 0.2) is 11.5 Å². The highest BCUT2D eigenvalue weighted by Gasteiger charge is 2.35. The third-order valence-corrected chi connectivity index (χ3v) is 5.22. The summed E-state index contributed by atoms with van der Waals surface area (Å²) >= 11 is 0.957. The zero-order valence-electron chi connectivity index (χ0n) is 16.4. The normalized spacial score (nSPS) is 15.6. The fourth-order valence-corrected chi connectivity index (χ4v) is 3.71. The molecule has 0 aromatic heterocycles. The third kappa shape index (κ3) is 4.39. The van der Waals surface area contributed by atoms with Gasteiger partial charge in [-0.05, 0) is 67.4 Å². The Morgan fingerprint density at radius 1 is 1.11 bits per heavy atom. The van der Waals surface area contributed by atoms with Gasteiger partial charge in [0.25, 0.3) is 11.1 Å². The van der Waals surface area contributed by atoms with Crippen molar-refractivity contribution in [3.8, 4) is 11.5 Å². The molecule has 0 atom stereocenters. The van der Waals surface area contributed by atoms with Crippen molar-refractivity contribution in [1.29, 1.82) is 0 Å². The van der Waals surface area contributed by atoms with Crippen LogP contribution < -0.4 is 9.47 Å². The number of benzene rings is 2. The summed E-state index contributed by atoms with van der Waals surface area (Å²) < 4.78 is 11.1. The largest absolute Gasteiger partial charge is 0.493 e. The summed E-state index contributed by atoms with van der Waals surface area (Å²) in [5, 5.41) is -0.258. The molecular formula is C22H23NO4S. The number of hydrogen-bond donors (Lipinski definition) is 0. The summed E-state index contributed by atoms with van der Waals surface area (Å²) in [5.41, 5.74) is 2.79. The van der Waals surface area contributed by atoms with Crippen LogP contribution in [0.25, 0.3) is 6.08 Å². The van der Waals surface area contributed by atoms with Crippen molar-refractivity contribution in [2.24, 2.45) is 0 Å². The number of carbonyl (C=O) groups is 2. The molecule has 2 aromatic rings. The van der Waals surface area contributed by atoms with E-state index in [-0.39, 0.29) is 23.8 Å². The molecule has 28 heavy (non-hydrogen) atoms. The summed E-state index contributed by atoms with van der Waals surface area (Å²) in [7, 11) is 1.57. The quantitative estimate of drug-likeness (QED) is 0.640. The van der Waals surface area contributed by atoms with E-state index in [0.717, 1.165) is 28.5 Å². The predicted molar refractivity (Wildman–Crippen MR) is 111 cm³/mol. The molecule has 2 amide bonds. The van der Waals surface area contributed by atoms with Crippen LogP contribution >= 0.6 is 11.8 Å². The number of hydrogen-bond acceptors (Lipinski definition) is 5. The van der Waals surface area contributed by atoms with E-state index >= 15 is 0 Å². The van der Waals surface area contributed by atoms with Crippen LogP contribution in [0.5, 0.6) is 11.5 Å². The molecule has 1 heterocycles. The Hall–Kier alpha value is -2.73. The lowest BCUT2D eigenvalue weighted by atomic mass is 10.1. The van der Waals surface area contributed by atoms with Gasteiger partial charge in [-0.3, -0.25) is 14.5 Å². The maximum Gasteiger partial charge on any atom is 0.293 e. The summed E-state index contributed by atoms with van der Waals surface area (Å²) in [6.07, 6.45) is 1.74. The van der Waals surface area contributed by atoms with Gasteiger partial charge in [0, 0.05) is 0 Å². The minimum atomic E-state index is -0.278. The van der Waals surface area contributed by atoms with E-state index in [4.69, 9.17) is 9.47 Å². The average molecular weight is 397 g/mol. The number of ether oxygens (including phenoxy) is 2. The number of amides is 2. The fourth-order valence-electron chi connectivity index (χ4n) is 2.87. The van der Waals surface area contributed by atoms with Crippen LogP contribution in [0.1, 0.15) is 30.5 Å². The second-order valence-corrected chi connectivity index (χ2v) is 7.76. The lowest BCUT2D eigenvalue weighted by molar-refractivity contribution is -0.123. The van der Waals surface area contributed by atoms with Crippen LogP contribution in [-0.4, -0.2) is 29.3 Å². The Morgan fingerprint density at radius 3 is 2.54 bits per heavy atom. The van der Waals surface area contributed by atoms with Gasteiger partial charge in [0.1, 0.15) is 0 Å². The molecule has 1 aliphatic heterocycles. The Kier molecular flexibility index (Phi) is 6.09. The molecule has 5 nitrogen and oxygen atoms in total. The number of methoxy groups -OCH3 is 1. The molecule has 146 valence electrons. The highest BCUT2D eigenvalue weighted by Crippen LogP contribution is 2.35. The van der Waals surface area contributed by atoms with Gasteiger partial charge >= 0.3 is 0 Å². The van der Waals surface area contributed by atoms with Crippen LogP contribution in [0.2, 0.25) is 0 Å². The highest BCUT2D eigenvalue weighted by atomic mass is 32.2. The van der Waals surface area contributed by atoms with E-state index in [1.807, 2.05) is 57.2 Å². The maximum atomic E-state index is 12.8. The Morgan fingerprint density at radius 2 is 1.86 bits per heavy atom. The minimum Gasteiger partial charge on any atom is -0.493 e. The molecule has 0 radical (unpaired) electrons. The van der Waals surface area contributed by atoms with Crippen LogP contribution in [0.3, 0.4) is 0 Å². The minimum absolute atomic E-state index is 0.0256. The SMILES string of the molecule is COc1cc(/C=C2\SC(=O)N(Cc3ccccc3C)C2=O)ccc1OC(C)C.